The maximum atomic E-state index is 10.5. The van der Waals surface area contributed by atoms with Gasteiger partial charge in [-0.15, -0.1) is 0 Å². The number of hydrogen-bond acceptors (Lipinski definition) is 3. The van der Waals surface area contributed by atoms with Crippen molar-refractivity contribution in [3.8, 4) is 5.75 Å². The van der Waals surface area contributed by atoms with E-state index in [-0.39, 0.29) is 0 Å². The van der Waals surface area contributed by atoms with Gasteiger partial charge in [0.2, 0.25) is 0 Å². The van der Waals surface area contributed by atoms with E-state index in [4.69, 9.17) is 9.84 Å². The van der Waals surface area contributed by atoms with Crippen LogP contribution in [0.25, 0.3) is 0 Å². The van der Waals surface area contributed by atoms with E-state index in [1.807, 2.05) is 31.3 Å². The lowest BCUT2D eigenvalue weighted by Gasteiger charge is -2.05. The molecular weight excluding hydrogens is 218 g/mol. The molecule has 2 N–H and O–H groups in total. The molecule has 4 heteroatoms. The van der Waals surface area contributed by atoms with E-state index in [0.717, 1.165) is 11.4 Å². The average molecular weight is 235 g/mol. The summed E-state index contributed by atoms with van der Waals surface area (Å²) in [6, 6.07) is 7.60. The highest BCUT2D eigenvalue weighted by atomic mass is 16.5. The lowest BCUT2D eigenvalue weighted by Crippen LogP contribution is -1.99. The normalized spacial score (nSPS) is 11.1. The Hall–Kier alpha value is -1.97. The van der Waals surface area contributed by atoms with Crippen LogP contribution in [0.2, 0.25) is 0 Å². The van der Waals surface area contributed by atoms with Crippen molar-refractivity contribution in [3.05, 3.63) is 35.9 Å². The minimum absolute atomic E-state index is 0.346. The van der Waals surface area contributed by atoms with Gasteiger partial charge in [-0.3, -0.25) is 0 Å². The van der Waals surface area contributed by atoms with Crippen molar-refractivity contribution in [2.75, 3.05) is 19.0 Å². The molecule has 4 nitrogen and oxygen atoms in total. The minimum atomic E-state index is -0.886. The topological polar surface area (TPSA) is 58.6 Å². The zero-order valence-corrected chi connectivity index (χ0v) is 10.1. The summed E-state index contributed by atoms with van der Waals surface area (Å²) in [7, 11) is 1.86. The Balaban J connectivity index is 2.36. The van der Waals surface area contributed by atoms with Crippen molar-refractivity contribution >= 4 is 11.7 Å². The molecule has 0 heterocycles. The molecule has 0 atom stereocenters. The van der Waals surface area contributed by atoms with Crippen LogP contribution >= 0.6 is 0 Å². The summed E-state index contributed by atoms with van der Waals surface area (Å²) < 4.78 is 5.47. The van der Waals surface area contributed by atoms with E-state index in [1.165, 1.54) is 0 Å². The van der Waals surface area contributed by atoms with Crippen LogP contribution in [0, 0.1) is 0 Å². The van der Waals surface area contributed by atoms with E-state index in [1.54, 1.807) is 13.0 Å². The standard InChI is InChI=1S/C13H17NO3/c1-10(13(15)16)4-3-9-17-12-7-5-11(14-2)6-8-12/h4-8,14H,3,9H2,1-2H3,(H,15,16)/b10-4+. The molecular formula is C13H17NO3. The number of hydrogen-bond donors (Lipinski definition) is 2. The molecule has 0 spiro atoms. The number of rotatable bonds is 6. The molecule has 0 amide bonds. The highest BCUT2D eigenvalue weighted by Gasteiger charge is 1.98. The van der Waals surface area contributed by atoms with E-state index in [9.17, 15) is 4.79 Å². The number of ether oxygens (including phenoxy) is 1. The minimum Gasteiger partial charge on any atom is -0.493 e. The molecule has 1 aromatic carbocycles. The Bertz CT molecular complexity index is 396. The van der Waals surface area contributed by atoms with Gasteiger partial charge in [0.25, 0.3) is 0 Å². The van der Waals surface area contributed by atoms with E-state index < -0.39 is 5.97 Å². The number of carbonyl (C=O) groups is 1. The van der Waals surface area contributed by atoms with E-state index in [0.29, 0.717) is 18.6 Å². The summed E-state index contributed by atoms with van der Waals surface area (Å²) in [6.45, 7) is 2.05. The first-order valence-electron chi connectivity index (χ1n) is 5.44. The molecule has 17 heavy (non-hydrogen) atoms. The van der Waals surface area contributed by atoms with E-state index in [2.05, 4.69) is 5.32 Å². The fourth-order valence-corrected chi connectivity index (χ4v) is 1.26. The Morgan fingerprint density at radius 2 is 2.06 bits per heavy atom. The first-order valence-corrected chi connectivity index (χ1v) is 5.44. The van der Waals surface area contributed by atoms with Gasteiger partial charge in [0.15, 0.2) is 0 Å². The van der Waals surface area contributed by atoms with Gasteiger partial charge in [-0.05, 0) is 31.2 Å². The van der Waals surface area contributed by atoms with Crippen LogP contribution in [0.5, 0.6) is 5.75 Å². The molecule has 0 aliphatic rings. The van der Waals surface area contributed by atoms with Gasteiger partial charge in [0.1, 0.15) is 5.75 Å². The number of carboxylic acid groups (broad SMARTS) is 1. The predicted molar refractivity (Wildman–Crippen MR) is 67.5 cm³/mol. The molecule has 92 valence electrons. The summed E-state index contributed by atoms with van der Waals surface area (Å²) in [5.41, 5.74) is 1.37. The third-order valence-corrected chi connectivity index (χ3v) is 2.32. The lowest BCUT2D eigenvalue weighted by molar-refractivity contribution is -0.132. The number of benzene rings is 1. The molecule has 0 radical (unpaired) electrons. The number of carboxylic acids is 1. The van der Waals surface area contributed by atoms with Crippen LogP contribution in [0.4, 0.5) is 5.69 Å². The highest BCUT2D eigenvalue weighted by molar-refractivity contribution is 5.85. The maximum Gasteiger partial charge on any atom is 0.330 e. The number of nitrogens with one attached hydrogen (secondary N) is 1. The third-order valence-electron chi connectivity index (χ3n) is 2.32. The van der Waals surface area contributed by atoms with Gasteiger partial charge >= 0.3 is 5.97 Å². The molecule has 0 aliphatic heterocycles. The van der Waals surface area contributed by atoms with Gasteiger partial charge in [0.05, 0.1) is 6.61 Å². The molecule has 0 bridgehead atoms. The van der Waals surface area contributed by atoms with Gasteiger partial charge in [-0.2, -0.15) is 0 Å². The zero-order chi connectivity index (χ0) is 12.7. The predicted octanol–water partition coefficient (Wildman–Crippen LogP) is 2.53. The monoisotopic (exact) mass is 235 g/mol. The fraction of sp³-hybridized carbons (Fsp3) is 0.308. The van der Waals surface area contributed by atoms with Crippen LogP contribution in [0.15, 0.2) is 35.9 Å². The van der Waals surface area contributed by atoms with Gasteiger partial charge in [0, 0.05) is 24.7 Å². The molecule has 0 saturated heterocycles. The fourth-order valence-electron chi connectivity index (χ4n) is 1.26. The summed E-state index contributed by atoms with van der Waals surface area (Å²) >= 11 is 0. The Labute approximate surface area is 101 Å². The van der Waals surface area contributed by atoms with Crippen LogP contribution in [-0.4, -0.2) is 24.7 Å². The quantitative estimate of drug-likeness (QED) is 0.587. The summed E-state index contributed by atoms with van der Waals surface area (Å²) in [6.07, 6.45) is 2.25. The highest BCUT2D eigenvalue weighted by Crippen LogP contribution is 2.15. The maximum absolute atomic E-state index is 10.5. The number of anilines is 1. The van der Waals surface area contributed by atoms with Gasteiger partial charge < -0.3 is 15.2 Å². The number of aliphatic carboxylic acids is 1. The first kappa shape index (κ1) is 13.1. The largest absolute Gasteiger partial charge is 0.493 e. The molecule has 0 aliphatic carbocycles. The zero-order valence-electron chi connectivity index (χ0n) is 10.1. The van der Waals surface area contributed by atoms with Crippen LogP contribution in [0.3, 0.4) is 0 Å². The second kappa shape index (κ2) is 6.58. The van der Waals surface area contributed by atoms with Crippen molar-refractivity contribution in [3.63, 3.8) is 0 Å². The van der Waals surface area contributed by atoms with Crippen LogP contribution in [0.1, 0.15) is 13.3 Å². The molecule has 0 saturated carbocycles. The molecule has 0 aromatic heterocycles. The van der Waals surface area contributed by atoms with Gasteiger partial charge in [-0.25, -0.2) is 4.79 Å². The second-order valence-electron chi connectivity index (χ2n) is 3.60. The Kier molecular flexibility index (Phi) is 5.07. The lowest BCUT2D eigenvalue weighted by atomic mass is 10.2. The summed E-state index contributed by atoms with van der Waals surface area (Å²) in [4.78, 5) is 10.5. The second-order valence-corrected chi connectivity index (χ2v) is 3.60. The van der Waals surface area contributed by atoms with Crippen molar-refractivity contribution < 1.29 is 14.6 Å². The first-order chi connectivity index (χ1) is 8.13. The van der Waals surface area contributed by atoms with Gasteiger partial charge in [-0.1, -0.05) is 6.08 Å². The molecule has 0 unspecified atom stereocenters. The van der Waals surface area contributed by atoms with Crippen molar-refractivity contribution in [1.29, 1.82) is 0 Å². The average Bonchev–Trinajstić information content (AvgIpc) is 2.35. The molecule has 1 rings (SSSR count). The third kappa shape index (κ3) is 4.59. The van der Waals surface area contributed by atoms with E-state index >= 15 is 0 Å². The Morgan fingerprint density at radius 3 is 2.59 bits per heavy atom. The van der Waals surface area contributed by atoms with Crippen molar-refractivity contribution in [2.45, 2.75) is 13.3 Å². The summed E-state index contributed by atoms with van der Waals surface area (Å²) in [5.74, 6) is -0.103. The smallest absolute Gasteiger partial charge is 0.330 e. The van der Waals surface area contributed by atoms with Crippen molar-refractivity contribution in [1.82, 2.24) is 0 Å². The molecule has 0 fully saturated rings. The Morgan fingerprint density at radius 1 is 1.41 bits per heavy atom. The van der Waals surface area contributed by atoms with Crippen LogP contribution in [-0.2, 0) is 4.79 Å². The van der Waals surface area contributed by atoms with Crippen molar-refractivity contribution in [2.24, 2.45) is 0 Å². The van der Waals surface area contributed by atoms with Crippen LogP contribution < -0.4 is 10.1 Å². The SMILES string of the molecule is CNc1ccc(OCC/C=C(\C)C(=O)O)cc1. The summed E-state index contributed by atoms with van der Waals surface area (Å²) in [5, 5.41) is 11.7. The molecule has 1 aromatic rings.